The van der Waals surface area contributed by atoms with E-state index in [1.807, 2.05) is 0 Å². The Morgan fingerprint density at radius 1 is 1.20 bits per heavy atom. The Balaban J connectivity index is 3.07. The van der Waals surface area contributed by atoms with E-state index in [0.29, 0.717) is 11.8 Å². The molecule has 0 saturated carbocycles. The quantitative estimate of drug-likeness (QED) is 0.864. The molecular formula is C15H21NO4. The average molecular weight is 279 g/mol. The minimum absolute atomic E-state index is 0.0990. The van der Waals surface area contributed by atoms with Crippen molar-refractivity contribution in [3.63, 3.8) is 0 Å². The van der Waals surface area contributed by atoms with Gasteiger partial charge in [-0.3, -0.25) is 4.90 Å². The second-order valence-corrected chi connectivity index (χ2v) is 5.85. The Hall–Kier alpha value is -2.04. The van der Waals surface area contributed by atoms with Crippen molar-refractivity contribution in [3.8, 4) is 5.75 Å². The third kappa shape index (κ3) is 3.50. The fraction of sp³-hybridized carbons (Fsp3) is 0.467. The van der Waals surface area contributed by atoms with E-state index in [1.54, 1.807) is 39.8 Å². The molecule has 0 aliphatic heterocycles. The Labute approximate surface area is 119 Å². The number of nitrogens with zero attached hydrogens (tertiary/aromatic N) is 1. The molecule has 0 aliphatic carbocycles. The lowest BCUT2D eigenvalue weighted by atomic mass is 9.92. The monoisotopic (exact) mass is 279 g/mol. The first-order chi connectivity index (χ1) is 9.10. The van der Waals surface area contributed by atoms with Gasteiger partial charge in [0, 0.05) is 7.05 Å². The molecule has 0 saturated heterocycles. The first-order valence-electron chi connectivity index (χ1n) is 6.33. The normalized spacial score (nSPS) is 14.2. The highest BCUT2D eigenvalue weighted by molar-refractivity contribution is 5.78. The van der Waals surface area contributed by atoms with Crippen molar-refractivity contribution in [1.29, 1.82) is 0 Å². The molecule has 1 atom stereocenters. The fourth-order valence-electron chi connectivity index (χ4n) is 1.66. The van der Waals surface area contributed by atoms with Crippen molar-refractivity contribution in [3.05, 3.63) is 29.8 Å². The summed E-state index contributed by atoms with van der Waals surface area (Å²) in [7, 11) is 1.51. The molecule has 1 N–H and O–H groups in total. The van der Waals surface area contributed by atoms with Crippen LogP contribution in [0, 0.1) is 0 Å². The number of carbonyl (C=O) groups excluding carboxylic acids is 2. The summed E-state index contributed by atoms with van der Waals surface area (Å²) in [4.78, 5) is 24.9. The number of phenolic OH excluding ortho intramolecular Hbond substituents is 1. The van der Waals surface area contributed by atoms with Crippen LogP contribution in [0.4, 0.5) is 4.79 Å². The number of hydrogen-bond acceptors (Lipinski definition) is 4. The lowest BCUT2D eigenvalue weighted by molar-refractivity contribution is -0.117. The van der Waals surface area contributed by atoms with Gasteiger partial charge >= 0.3 is 6.09 Å². The van der Waals surface area contributed by atoms with Gasteiger partial charge < -0.3 is 14.6 Å². The van der Waals surface area contributed by atoms with Gasteiger partial charge in [-0.25, -0.2) is 4.79 Å². The zero-order chi connectivity index (χ0) is 15.6. The summed E-state index contributed by atoms with van der Waals surface area (Å²) in [6.45, 7) is 6.91. The van der Waals surface area contributed by atoms with E-state index >= 15 is 0 Å². The molecule has 5 nitrogen and oxygen atoms in total. The van der Waals surface area contributed by atoms with E-state index < -0.39 is 17.2 Å². The first kappa shape index (κ1) is 16.0. The molecule has 20 heavy (non-hydrogen) atoms. The molecule has 1 aromatic rings. The molecule has 1 aromatic carbocycles. The summed E-state index contributed by atoms with van der Waals surface area (Å²) in [5.41, 5.74) is -1.20. The molecule has 1 amide bonds. The van der Waals surface area contributed by atoms with Gasteiger partial charge in [0.2, 0.25) is 0 Å². The SMILES string of the molecule is CN(C(=O)OC(C)(C)C)C(C)(C=O)c1ccc(O)cc1. The number of phenols is 1. The van der Waals surface area contributed by atoms with Gasteiger partial charge in [0.15, 0.2) is 0 Å². The van der Waals surface area contributed by atoms with E-state index in [4.69, 9.17) is 4.74 Å². The molecule has 1 unspecified atom stereocenters. The Morgan fingerprint density at radius 2 is 1.70 bits per heavy atom. The second kappa shape index (κ2) is 5.53. The largest absolute Gasteiger partial charge is 0.508 e. The second-order valence-electron chi connectivity index (χ2n) is 5.85. The molecule has 0 fully saturated rings. The number of hydrogen-bond donors (Lipinski definition) is 1. The lowest BCUT2D eigenvalue weighted by Gasteiger charge is -2.35. The van der Waals surface area contributed by atoms with Crippen LogP contribution in [0.3, 0.4) is 0 Å². The number of rotatable bonds is 3. The van der Waals surface area contributed by atoms with Crippen molar-refractivity contribution in [2.45, 2.75) is 38.8 Å². The van der Waals surface area contributed by atoms with Crippen LogP contribution in [-0.4, -0.2) is 35.0 Å². The van der Waals surface area contributed by atoms with Gasteiger partial charge in [0.1, 0.15) is 23.2 Å². The zero-order valence-electron chi connectivity index (χ0n) is 12.5. The van der Waals surface area contributed by atoms with E-state index in [0.717, 1.165) is 0 Å². The summed E-state index contributed by atoms with van der Waals surface area (Å²) in [6.07, 6.45) is 0.101. The Morgan fingerprint density at radius 3 is 2.10 bits per heavy atom. The topological polar surface area (TPSA) is 66.8 Å². The number of benzene rings is 1. The summed E-state index contributed by atoms with van der Waals surface area (Å²) >= 11 is 0. The molecule has 0 aromatic heterocycles. The van der Waals surface area contributed by atoms with Crippen LogP contribution in [0.15, 0.2) is 24.3 Å². The van der Waals surface area contributed by atoms with Gasteiger partial charge in [-0.15, -0.1) is 0 Å². The van der Waals surface area contributed by atoms with Crippen molar-refractivity contribution in [1.82, 2.24) is 4.90 Å². The van der Waals surface area contributed by atoms with Crippen LogP contribution in [0.25, 0.3) is 0 Å². The number of likely N-dealkylation sites (N-methyl/N-ethyl adjacent to an activating group) is 1. The summed E-state index contributed by atoms with van der Waals surface area (Å²) in [5.74, 6) is 0.0990. The average Bonchev–Trinajstić information content (AvgIpc) is 2.35. The number of carbonyl (C=O) groups is 2. The predicted molar refractivity (Wildman–Crippen MR) is 75.5 cm³/mol. The molecular weight excluding hydrogens is 258 g/mol. The van der Waals surface area contributed by atoms with E-state index in [2.05, 4.69) is 0 Å². The number of ether oxygens (including phenoxy) is 1. The summed E-state index contributed by atoms with van der Waals surface area (Å²) in [5, 5.41) is 9.30. The molecule has 0 bridgehead atoms. The molecule has 0 heterocycles. The van der Waals surface area contributed by atoms with Crippen molar-refractivity contribution in [2.75, 3.05) is 7.05 Å². The van der Waals surface area contributed by atoms with E-state index in [1.165, 1.54) is 24.1 Å². The highest BCUT2D eigenvalue weighted by Crippen LogP contribution is 2.28. The van der Waals surface area contributed by atoms with Crippen molar-refractivity contribution in [2.24, 2.45) is 0 Å². The maximum absolute atomic E-state index is 12.1. The van der Waals surface area contributed by atoms with Gasteiger partial charge in [-0.1, -0.05) is 12.1 Å². The molecule has 0 radical (unpaired) electrons. The molecule has 0 spiro atoms. The van der Waals surface area contributed by atoms with Gasteiger partial charge in [0.25, 0.3) is 0 Å². The van der Waals surface area contributed by atoms with Crippen LogP contribution >= 0.6 is 0 Å². The van der Waals surface area contributed by atoms with Crippen molar-refractivity contribution < 1.29 is 19.4 Å². The van der Waals surface area contributed by atoms with E-state index in [9.17, 15) is 14.7 Å². The van der Waals surface area contributed by atoms with Crippen LogP contribution in [0.5, 0.6) is 5.75 Å². The standard InChI is InChI=1S/C15H21NO4/c1-14(2,3)20-13(19)16(5)15(4,10-17)11-6-8-12(18)9-7-11/h6-10,18H,1-5H3. The van der Waals surface area contributed by atoms with Gasteiger partial charge in [-0.2, -0.15) is 0 Å². The van der Waals surface area contributed by atoms with Gasteiger partial charge in [-0.05, 0) is 45.4 Å². The highest BCUT2D eigenvalue weighted by Gasteiger charge is 2.36. The van der Waals surface area contributed by atoms with Crippen LogP contribution in [0.1, 0.15) is 33.3 Å². The smallest absolute Gasteiger partial charge is 0.411 e. The minimum Gasteiger partial charge on any atom is -0.508 e. The number of aldehydes is 1. The maximum Gasteiger partial charge on any atom is 0.411 e. The molecule has 5 heteroatoms. The van der Waals surface area contributed by atoms with E-state index in [-0.39, 0.29) is 5.75 Å². The molecule has 1 rings (SSSR count). The van der Waals surface area contributed by atoms with Crippen LogP contribution in [-0.2, 0) is 15.1 Å². The highest BCUT2D eigenvalue weighted by atomic mass is 16.6. The molecule has 0 aliphatic rings. The third-order valence-electron chi connectivity index (χ3n) is 3.05. The van der Waals surface area contributed by atoms with Gasteiger partial charge in [0.05, 0.1) is 0 Å². The van der Waals surface area contributed by atoms with Crippen molar-refractivity contribution >= 4 is 12.4 Å². The Bertz CT molecular complexity index is 490. The fourth-order valence-corrected chi connectivity index (χ4v) is 1.66. The van der Waals surface area contributed by atoms with Crippen LogP contribution < -0.4 is 0 Å². The summed E-state index contributed by atoms with van der Waals surface area (Å²) < 4.78 is 5.27. The maximum atomic E-state index is 12.1. The third-order valence-corrected chi connectivity index (χ3v) is 3.05. The van der Waals surface area contributed by atoms with Crippen LogP contribution in [0.2, 0.25) is 0 Å². The summed E-state index contributed by atoms with van der Waals surface area (Å²) in [6, 6.07) is 6.15. The Kier molecular flexibility index (Phi) is 4.43. The molecule has 110 valence electrons. The number of aromatic hydroxyl groups is 1. The number of amides is 1. The zero-order valence-corrected chi connectivity index (χ0v) is 12.5. The minimum atomic E-state index is -1.16. The lowest BCUT2D eigenvalue weighted by Crippen LogP contribution is -2.48. The predicted octanol–water partition coefficient (Wildman–Crippen LogP) is 2.67. The first-order valence-corrected chi connectivity index (χ1v) is 6.33.